The maximum Gasteiger partial charge on any atom is 0.306 e. The lowest BCUT2D eigenvalue weighted by Crippen LogP contribution is -2.41. The lowest BCUT2D eigenvalue weighted by molar-refractivity contribution is -0.143. The van der Waals surface area contributed by atoms with Gasteiger partial charge in [-0.1, -0.05) is 38.1 Å². The Morgan fingerprint density at radius 3 is 2.34 bits per heavy atom. The van der Waals surface area contributed by atoms with E-state index in [4.69, 9.17) is 20.2 Å². The Hall–Kier alpha value is -2.96. The van der Waals surface area contributed by atoms with Gasteiger partial charge in [-0.15, -0.1) is 0 Å². The molecule has 170 valence electrons. The first kappa shape index (κ1) is 22.2. The third kappa shape index (κ3) is 4.08. The molecular formula is C25H32N4O3. The van der Waals surface area contributed by atoms with E-state index in [1.807, 2.05) is 13.8 Å². The predicted molar refractivity (Wildman–Crippen MR) is 124 cm³/mol. The van der Waals surface area contributed by atoms with Gasteiger partial charge in [0.05, 0.1) is 19.2 Å². The van der Waals surface area contributed by atoms with Crippen LogP contribution >= 0.6 is 0 Å². The first-order valence-electron chi connectivity index (χ1n) is 11.1. The molecule has 1 aliphatic carbocycles. The number of carbonyl (C=O) groups is 1. The van der Waals surface area contributed by atoms with Gasteiger partial charge in [-0.25, -0.2) is 9.98 Å². The summed E-state index contributed by atoms with van der Waals surface area (Å²) in [6, 6.07) is 8.60. The number of hydrogen-bond acceptors (Lipinski definition) is 7. The minimum Gasteiger partial charge on any atom is -0.469 e. The minimum absolute atomic E-state index is 0.0140. The number of hydrogen-bond donors (Lipinski definition) is 1. The molecule has 7 heteroatoms. The van der Waals surface area contributed by atoms with Crippen LogP contribution in [0.2, 0.25) is 0 Å². The highest BCUT2D eigenvalue weighted by atomic mass is 16.5. The van der Waals surface area contributed by atoms with Crippen LogP contribution in [0, 0.1) is 5.41 Å². The van der Waals surface area contributed by atoms with E-state index < -0.39 is 5.60 Å². The number of aromatic nitrogens is 2. The summed E-state index contributed by atoms with van der Waals surface area (Å²) >= 11 is 0. The van der Waals surface area contributed by atoms with Crippen molar-refractivity contribution in [3.8, 4) is 5.88 Å². The molecule has 0 unspecified atom stereocenters. The van der Waals surface area contributed by atoms with Gasteiger partial charge in [-0.05, 0) is 55.9 Å². The number of fused-ring (bicyclic) bond motifs is 1. The van der Waals surface area contributed by atoms with Gasteiger partial charge in [-0.3, -0.25) is 4.79 Å². The van der Waals surface area contributed by atoms with Crippen LogP contribution in [0.4, 0.5) is 11.5 Å². The van der Waals surface area contributed by atoms with E-state index in [9.17, 15) is 4.79 Å². The summed E-state index contributed by atoms with van der Waals surface area (Å²) in [6.45, 7) is 8.47. The lowest BCUT2D eigenvalue weighted by Gasteiger charge is -2.43. The Morgan fingerprint density at radius 2 is 1.72 bits per heavy atom. The number of nitrogen functional groups attached to an aromatic ring is 1. The largest absolute Gasteiger partial charge is 0.469 e. The molecule has 4 rings (SSSR count). The number of aliphatic imine (C=N–C) groups is 1. The SMILES string of the molecule is COC(=O)CC1(C)CCC(C)(c2ccc(C3=Nc4c(N)ncnc4OC3(C)C)cc2)CC1. The normalized spacial score (nSPS) is 26.5. The maximum absolute atomic E-state index is 11.8. The first-order chi connectivity index (χ1) is 15.1. The minimum atomic E-state index is -0.639. The summed E-state index contributed by atoms with van der Waals surface area (Å²) in [5, 5.41) is 0. The standard InChI is InChI=1S/C25H32N4O3/c1-23(2)20(29-19-21(26)27-15-28-22(19)32-23)16-6-8-17(9-7-16)25(4)12-10-24(3,11-13-25)14-18(30)31-5/h6-9,15H,10-14H2,1-5H3,(H2,26,27,28). The van der Waals surface area contributed by atoms with Crippen molar-refractivity contribution in [1.29, 1.82) is 0 Å². The zero-order valence-corrected chi connectivity index (χ0v) is 19.6. The summed E-state index contributed by atoms with van der Waals surface area (Å²) < 4.78 is 11.0. The molecule has 2 N–H and O–H groups in total. The molecule has 1 aromatic carbocycles. The zero-order chi connectivity index (χ0) is 23.1. The molecule has 1 aliphatic heterocycles. The molecule has 0 spiro atoms. The summed E-state index contributed by atoms with van der Waals surface area (Å²) in [6.07, 6.45) is 5.96. The average molecular weight is 437 g/mol. The van der Waals surface area contributed by atoms with Crippen molar-refractivity contribution in [2.75, 3.05) is 12.8 Å². The van der Waals surface area contributed by atoms with E-state index in [1.165, 1.54) is 19.0 Å². The van der Waals surface area contributed by atoms with Crippen LogP contribution in [0.1, 0.15) is 70.9 Å². The quantitative estimate of drug-likeness (QED) is 0.694. The number of nitrogens with zero attached hydrogens (tertiary/aromatic N) is 3. The smallest absolute Gasteiger partial charge is 0.306 e. The second-order valence-corrected chi connectivity index (χ2v) is 10.2. The van der Waals surface area contributed by atoms with Gasteiger partial charge in [0, 0.05) is 5.56 Å². The second-order valence-electron chi connectivity index (χ2n) is 10.2. The Morgan fingerprint density at radius 1 is 1.06 bits per heavy atom. The summed E-state index contributed by atoms with van der Waals surface area (Å²) in [7, 11) is 1.46. The molecule has 1 aromatic heterocycles. The molecule has 0 radical (unpaired) electrons. The molecule has 0 amide bonds. The molecule has 1 saturated carbocycles. The number of ether oxygens (including phenoxy) is 2. The van der Waals surface area contributed by atoms with Crippen molar-refractivity contribution in [2.24, 2.45) is 10.4 Å². The summed E-state index contributed by atoms with van der Waals surface area (Å²) in [5.74, 6) is 0.600. The number of benzene rings is 1. The number of anilines is 1. The van der Waals surface area contributed by atoms with E-state index in [0.717, 1.165) is 37.0 Å². The summed E-state index contributed by atoms with van der Waals surface area (Å²) in [4.78, 5) is 24.8. The van der Waals surface area contributed by atoms with E-state index in [0.29, 0.717) is 23.8 Å². The van der Waals surface area contributed by atoms with E-state index in [-0.39, 0.29) is 16.8 Å². The van der Waals surface area contributed by atoms with Crippen LogP contribution in [0.15, 0.2) is 35.6 Å². The molecule has 1 fully saturated rings. The average Bonchev–Trinajstić information content (AvgIpc) is 2.75. The van der Waals surface area contributed by atoms with Crippen LogP contribution in [-0.2, 0) is 14.9 Å². The number of rotatable bonds is 4. The molecule has 2 aromatic rings. The van der Waals surface area contributed by atoms with Crippen LogP contribution in [-0.4, -0.2) is 34.4 Å². The fraction of sp³-hybridized carbons (Fsp3) is 0.520. The Kier molecular flexibility index (Phi) is 5.47. The predicted octanol–water partition coefficient (Wildman–Crippen LogP) is 4.75. The molecular weight excluding hydrogens is 404 g/mol. The van der Waals surface area contributed by atoms with Crippen molar-refractivity contribution in [3.05, 3.63) is 41.7 Å². The fourth-order valence-corrected chi connectivity index (χ4v) is 4.83. The Labute approximate surface area is 189 Å². The third-order valence-electron chi connectivity index (χ3n) is 7.18. The molecule has 32 heavy (non-hydrogen) atoms. The van der Waals surface area contributed by atoms with Gasteiger partial charge in [-0.2, -0.15) is 4.98 Å². The first-order valence-corrected chi connectivity index (χ1v) is 11.1. The molecule has 2 heterocycles. The van der Waals surface area contributed by atoms with Crippen molar-refractivity contribution in [1.82, 2.24) is 9.97 Å². The van der Waals surface area contributed by atoms with Crippen LogP contribution in [0.3, 0.4) is 0 Å². The van der Waals surface area contributed by atoms with Gasteiger partial charge < -0.3 is 15.2 Å². The fourth-order valence-electron chi connectivity index (χ4n) is 4.83. The van der Waals surface area contributed by atoms with Gasteiger partial charge in [0.15, 0.2) is 11.5 Å². The lowest BCUT2D eigenvalue weighted by atomic mass is 9.61. The van der Waals surface area contributed by atoms with E-state index in [2.05, 4.69) is 48.1 Å². The Balaban J connectivity index is 1.56. The zero-order valence-electron chi connectivity index (χ0n) is 19.6. The van der Waals surface area contributed by atoms with Crippen LogP contribution in [0.5, 0.6) is 5.88 Å². The number of methoxy groups -OCH3 is 1. The number of esters is 1. The molecule has 0 saturated heterocycles. The van der Waals surface area contributed by atoms with Gasteiger partial charge >= 0.3 is 5.97 Å². The van der Waals surface area contributed by atoms with Crippen molar-refractivity contribution < 1.29 is 14.3 Å². The van der Waals surface area contributed by atoms with Crippen LogP contribution in [0.25, 0.3) is 0 Å². The highest BCUT2D eigenvalue weighted by molar-refractivity contribution is 6.09. The second kappa shape index (κ2) is 7.87. The Bertz CT molecular complexity index is 1050. The number of nitrogens with two attached hydrogens (primary N) is 1. The van der Waals surface area contributed by atoms with Crippen molar-refractivity contribution in [3.63, 3.8) is 0 Å². The van der Waals surface area contributed by atoms with Crippen molar-refractivity contribution in [2.45, 2.75) is 70.8 Å². The maximum atomic E-state index is 11.8. The van der Waals surface area contributed by atoms with Gasteiger partial charge in [0.1, 0.15) is 11.9 Å². The molecule has 0 atom stereocenters. The van der Waals surface area contributed by atoms with E-state index >= 15 is 0 Å². The molecule has 0 bridgehead atoms. The number of carbonyl (C=O) groups excluding carboxylic acids is 1. The molecule has 2 aliphatic rings. The third-order valence-corrected chi connectivity index (χ3v) is 7.18. The topological polar surface area (TPSA) is 99.7 Å². The highest BCUT2D eigenvalue weighted by Gasteiger charge is 2.40. The van der Waals surface area contributed by atoms with Crippen molar-refractivity contribution >= 4 is 23.2 Å². The van der Waals surface area contributed by atoms with Gasteiger partial charge in [0.25, 0.3) is 0 Å². The van der Waals surface area contributed by atoms with Crippen LogP contribution < -0.4 is 10.5 Å². The monoisotopic (exact) mass is 436 g/mol. The summed E-state index contributed by atoms with van der Waals surface area (Å²) in [5.41, 5.74) is 9.04. The van der Waals surface area contributed by atoms with Gasteiger partial charge in [0.2, 0.25) is 5.88 Å². The van der Waals surface area contributed by atoms with E-state index in [1.54, 1.807) is 0 Å². The highest BCUT2D eigenvalue weighted by Crippen LogP contribution is 2.48. The molecule has 7 nitrogen and oxygen atoms in total.